The topological polar surface area (TPSA) is 74.6 Å². The first kappa shape index (κ1) is 14.8. The molecule has 0 fully saturated rings. The van der Waals surface area contributed by atoms with E-state index in [1.807, 2.05) is 0 Å². The number of aromatic carboxylic acids is 1. The second kappa shape index (κ2) is 6.24. The van der Waals surface area contributed by atoms with Crippen molar-refractivity contribution in [2.75, 3.05) is 0 Å². The molecule has 0 aliphatic rings. The van der Waals surface area contributed by atoms with Crippen LogP contribution in [0.3, 0.4) is 0 Å². The third-order valence-electron chi connectivity index (χ3n) is 2.78. The van der Waals surface area contributed by atoms with Crippen molar-refractivity contribution >= 4 is 29.4 Å². The standard InChI is InChI=1S/C16H11ClO4/c17-14-9-11(5-6-13(14)16(20)21)15(19)7-4-10-2-1-3-12(18)8-10/h1-9,18H,(H,20,21). The van der Waals surface area contributed by atoms with Gasteiger partial charge in [-0.05, 0) is 35.9 Å². The lowest BCUT2D eigenvalue weighted by Gasteiger charge is -2.01. The average Bonchev–Trinajstić information content (AvgIpc) is 2.44. The molecule has 2 N–H and O–H groups in total. The van der Waals surface area contributed by atoms with Gasteiger partial charge in [0, 0.05) is 5.56 Å². The second-order valence-corrected chi connectivity index (χ2v) is 4.70. The number of hydrogen-bond donors (Lipinski definition) is 2. The van der Waals surface area contributed by atoms with Crippen molar-refractivity contribution in [1.29, 1.82) is 0 Å². The van der Waals surface area contributed by atoms with E-state index in [9.17, 15) is 14.7 Å². The number of aromatic hydroxyl groups is 1. The van der Waals surface area contributed by atoms with Crippen molar-refractivity contribution in [3.8, 4) is 5.75 Å². The molecular weight excluding hydrogens is 292 g/mol. The average molecular weight is 303 g/mol. The Hall–Kier alpha value is -2.59. The Morgan fingerprint density at radius 3 is 2.48 bits per heavy atom. The molecule has 106 valence electrons. The van der Waals surface area contributed by atoms with Crippen LogP contribution < -0.4 is 0 Å². The van der Waals surface area contributed by atoms with Crippen LogP contribution in [0.1, 0.15) is 26.3 Å². The summed E-state index contributed by atoms with van der Waals surface area (Å²) in [6, 6.07) is 10.5. The molecule has 0 saturated heterocycles. The van der Waals surface area contributed by atoms with Crippen molar-refractivity contribution < 1.29 is 19.8 Å². The molecule has 0 heterocycles. The van der Waals surface area contributed by atoms with Gasteiger partial charge in [-0.1, -0.05) is 35.9 Å². The summed E-state index contributed by atoms with van der Waals surface area (Å²) in [7, 11) is 0. The third kappa shape index (κ3) is 3.70. The summed E-state index contributed by atoms with van der Waals surface area (Å²) in [4.78, 5) is 22.8. The fraction of sp³-hybridized carbons (Fsp3) is 0. The SMILES string of the molecule is O=C(C=Cc1cccc(O)c1)c1ccc(C(=O)O)c(Cl)c1. The van der Waals surface area contributed by atoms with Crippen LogP contribution >= 0.6 is 11.6 Å². The minimum absolute atomic E-state index is 0.0131. The van der Waals surface area contributed by atoms with Gasteiger partial charge in [-0.2, -0.15) is 0 Å². The smallest absolute Gasteiger partial charge is 0.337 e. The summed E-state index contributed by atoms with van der Waals surface area (Å²) in [5.74, 6) is -1.34. The molecule has 0 aliphatic carbocycles. The molecule has 5 heteroatoms. The van der Waals surface area contributed by atoms with Crippen molar-refractivity contribution in [2.45, 2.75) is 0 Å². The van der Waals surface area contributed by atoms with Gasteiger partial charge >= 0.3 is 5.97 Å². The number of allylic oxidation sites excluding steroid dienone is 1. The lowest BCUT2D eigenvalue weighted by atomic mass is 10.1. The molecule has 0 spiro atoms. The Balaban J connectivity index is 2.21. The molecule has 0 atom stereocenters. The second-order valence-electron chi connectivity index (χ2n) is 4.29. The number of hydrogen-bond acceptors (Lipinski definition) is 3. The number of phenols is 1. The highest BCUT2D eigenvalue weighted by molar-refractivity contribution is 6.34. The highest BCUT2D eigenvalue weighted by atomic mass is 35.5. The van der Waals surface area contributed by atoms with Gasteiger partial charge in [0.2, 0.25) is 0 Å². The quantitative estimate of drug-likeness (QED) is 0.668. The van der Waals surface area contributed by atoms with E-state index in [0.29, 0.717) is 11.1 Å². The Morgan fingerprint density at radius 2 is 1.86 bits per heavy atom. The molecule has 0 aromatic heterocycles. The first-order valence-corrected chi connectivity index (χ1v) is 6.39. The van der Waals surface area contributed by atoms with Gasteiger partial charge in [0.1, 0.15) is 5.75 Å². The zero-order valence-corrected chi connectivity index (χ0v) is 11.5. The first-order chi connectivity index (χ1) is 9.97. The zero-order chi connectivity index (χ0) is 15.4. The van der Waals surface area contributed by atoms with Crippen LogP contribution in [-0.4, -0.2) is 22.0 Å². The Labute approximate surface area is 125 Å². The lowest BCUT2D eigenvalue weighted by molar-refractivity contribution is 0.0696. The Bertz CT molecular complexity index is 735. The van der Waals surface area contributed by atoms with Crippen LogP contribution in [0.2, 0.25) is 5.02 Å². The summed E-state index contributed by atoms with van der Waals surface area (Å²) < 4.78 is 0. The summed E-state index contributed by atoms with van der Waals surface area (Å²) in [6.07, 6.45) is 2.89. The number of benzene rings is 2. The van der Waals surface area contributed by atoms with Crippen molar-refractivity contribution in [2.24, 2.45) is 0 Å². The van der Waals surface area contributed by atoms with E-state index in [2.05, 4.69) is 0 Å². The summed E-state index contributed by atoms with van der Waals surface area (Å²) >= 11 is 5.82. The number of carbonyl (C=O) groups is 2. The largest absolute Gasteiger partial charge is 0.508 e. The maximum absolute atomic E-state index is 12.0. The lowest BCUT2D eigenvalue weighted by Crippen LogP contribution is -2.00. The van der Waals surface area contributed by atoms with Crippen LogP contribution in [0.15, 0.2) is 48.5 Å². The van der Waals surface area contributed by atoms with E-state index in [4.69, 9.17) is 16.7 Å². The number of halogens is 1. The molecule has 0 saturated carbocycles. The highest BCUT2D eigenvalue weighted by Gasteiger charge is 2.11. The summed E-state index contributed by atoms with van der Waals surface area (Å²) in [5, 5.41) is 18.2. The predicted molar refractivity (Wildman–Crippen MR) is 79.9 cm³/mol. The fourth-order valence-electron chi connectivity index (χ4n) is 1.74. The van der Waals surface area contributed by atoms with Gasteiger partial charge in [-0.3, -0.25) is 4.79 Å². The third-order valence-corrected chi connectivity index (χ3v) is 3.09. The highest BCUT2D eigenvalue weighted by Crippen LogP contribution is 2.19. The molecule has 4 nitrogen and oxygen atoms in total. The van der Waals surface area contributed by atoms with Crippen molar-refractivity contribution in [1.82, 2.24) is 0 Å². The van der Waals surface area contributed by atoms with Crippen molar-refractivity contribution in [3.05, 3.63) is 70.3 Å². The number of carboxylic acid groups (broad SMARTS) is 1. The molecule has 0 radical (unpaired) electrons. The van der Waals surface area contributed by atoms with Gasteiger partial charge in [-0.15, -0.1) is 0 Å². The fourth-order valence-corrected chi connectivity index (χ4v) is 2.00. The Morgan fingerprint density at radius 1 is 1.10 bits per heavy atom. The van der Waals surface area contributed by atoms with E-state index in [1.54, 1.807) is 18.2 Å². The maximum Gasteiger partial charge on any atom is 0.337 e. The molecule has 2 aromatic carbocycles. The minimum Gasteiger partial charge on any atom is -0.508 e. The van der Waals surface area contributed by atoms with Gasteiger partial charge in [0.15, 0.2) is 5.78 Å². The monoisotopic (exact) mass is 302 g/mol. The predicted octanol–water partition coefficient (Wildman–Crippen LogP) is 3.64. The van der Waals surface area contributed by atoms with Crippen LogP contribution in [0.25, 0.3) is 6.08 Å². The maximum atomic E-state index is 12.0. The van der Waals surface area contributed by atoms with E-state index in [-0.39, 0.29) is 22.1 Å². The molecule has 0 amide bonds. The molecular formula is C16H11ClO4. The van der Waals surface area contributed by atoms with E-state index < -0.39 is 5.97 Å². The van der Waals surface area contributed by atoms with Crippen LogP contribution in [0.4, 0.5) is 0 Å². The number of phenolic OH excluding ortho intramolecular Hbond substituents is 1. The van der Waals surface area contributed by atoms with Crippen LogP contribution in [0, 0.1) is 0 Å². The van der Waals surface area contributed by atoms with Crippen LogP contribution in [0.5, 0.6) is 5.75 Å². The molecule has 21 heavy (non-hydrogen) atoms. The number of rotatable bonds is 4. The van der Waals surface area contributed by atoms with Crippen LogP contribution in [-0.2, 0) is 0 Å². The van der Waals surface area contributed by atoms with E-state index in [1.165, 1.54) is 36.4 Å². The molecule has 0 aliphatic heterocycles. The molecule has 2 rings (SSSR count). The zero-order valence-electron chi connectivity index (χ0n) is 10.8. The van der Waals surface area contributed by atoms with E-state index in [0.717, 1.165) is 0 Å². The normalized spacial score (nSPS) is 10.7. The van der Waals surface area contributed by atoms with Gasteiger partial charge in [0.05, 0.1) is 10.6 Å². The minimum atomic E-state index is -1.14. The molecule has 2 aromatic rings. The molecule has 0 bridgehead atoms. The summed E-state index contributed by atoms with van der Waals surface area (Å²) in [6.45, 7) is 0. The van der Waals surface area contributed by atoms with Gasteiger partial charge in [-0.25, -0.2) is 4.79 Å². The number of ketones is 1. The van der Waals surface area contributed by atoms with Crippen molar-refractivity contribution in [3.63, 3.8) is 0 Å². The molecule has 0 unspecified atom stereocenters. The number of carboxylic acids is 1. The first-order valence-electron chi connectivity index (χ1n) is 6.01. The number of carbonyl (C=O) groups excluding carboxylic acids is 1. The van der Waals surface area contributed by atoms with Gasteiger partial charge < -0.3 is 10.2 Å². The summed E-state index contributed by atoms with van der Waals surface area (Å²) in [5.41, 5.74) is 0.920. The van der Waals surface area contributed by atoms with E-state index >= 15 is 0 Å². The van der Waals surface area contributed by atoms with Gasteiger partial charge in [0.25, 0.3) is 0 Å². The Kier molecular flexibility index (Phi) is 4.40.